The minimum atomic E-state index is -0.669. The number of aromatic hydroxyl groups is 1. The normalized spacial score (nSPS) is 10.7. The van der Waals surface area contributed by atoms with E-state index in [1.54, 1.807) is 36.4 Å². The quantitative estimate of drug-likeness (QED) is 0.536. The zero-order valence-corrected chi connectivity index (χ0v) is 16.2. The van der Waals surface area contributed by atoms with Gasteiger partial charge in [0.2, 0.25) is 0 Å². The Bertz CT molecular complexity index is 1280. The number of ether oxygens (including phenoxy) is 1. The molecule has 0 radical (unpaired) electrons. The maximum Gasteiger partial charge on any atom is 0.273 e. The first-order valence-corrected chi connectivity index (χ1v) is 9.29. The Kier molecular flexibility index (Phi) is 5.17. The van der Waals surface area contributed by atoms with E-state index in [4.69, 9.17) is 4.74 Å². The molecule has 2 aromatic heterocycles. The molecule has 4 aromatic rings. The Morgan fingerprint density at radius 3 is 2.67 bits per heavy atom. The molecule has 0 atom stereocenters. The maximum absolute atomic E-state index is 13.3. The molecule has 2 heterocycles. The van der Waals surface area contributed by atoms with Crippen LogP contribution in [0.25, 0.3) is 16.7 Å². The maximum atomic E-state index is 13.3. The monoisotopic (exact) mass is 401 g/mol. The summed E-state index contributed by atoms with van der Waals surface area (Å²) in [5, 5.41) is 13.7. The number of carbonyl (C=O) groups is 1. The van der Waals surface area contributed by atoms with Gasteiger partial charge < -0.3 is 15.2 Å². The number of benzene rings is 2. The number of aromatic nitrogens is 2. The lowest BCUT2D eigenvalue weighted by molar-refractivity contribution is 0.0946. The Hall–Kier alpha value is -4.13. The van der Waals surface area contributed by atoms with Gasteiger partial charge in [-0.05, 0) is 29.8 Å². The van der Waals surface area contributed by atoms with Crippen LogP contribution in [0.4, 0.5) is 0 Å². The van der Waals surface area contributed by atoms with Crippen molar-refractivity contribution in [2.24, 2.45) is 0 Å². The molecular weight excluding hydrogens is 382 g/mol. The molecule has 150 valence electrons. The minimum Gasteiger partial charge on any atom is -0.506 e. The average Bonchev–Trinajstić information content (AvgIpc) is 2.79. The van der Waals surface area contributed by atoms with Crippen LogP contribution in [0.3, 0.4) is 0 Å². The Morgan fingerprint density at radius 2 is 1.90 bits per heavy atom. The number of hydrogen-bond donors (Lipinski definition) is 2. The number of nitrogens with zero attached hydrogens (tertiary/aromatic N) is 2. The van der Waals surface area contributed by atoms with Crippen LogP contribution >= 0.6 is 0 Å². The highest BCUT2D eigenvalue weighted by molar-refractivity contribution is 6.02. The van der Waals surface area contributed by atoms with Gasteiger partial charge in [-0.2, -0.15) is 0 Å². The van der Waals surface area contributed by atoms with E-state index >= 15 is 0 Å². The molecule has 0 bridgehead atoms. The standard InChI is InChI=1S/C23H19N3O4/c1-30-17-10-5-9-16(13-17)26-21-18(11-6-12-24-21)20(27)19(23(26)29)22(28)25-14-15-7-3-2-4-8-15/h2-13,27H,14H2,1H3,(H,25,28). The minimum absolute atomic E-state index is 0.225. The summed E-state index contributed by atoms with van der Waals surface area (Å²) < 4.78 is 6.55. The van der Waals surface area contributed by atoms with E-state index in [0.717, 1.165) is 5.56 Å². The lowest BCUT2D eigenvalue weighted by Crippen LogP contribution is -2.33. The summed E-state index contributed by atoms with van der Waals surface area (Å²) in [7, 11) is 1.53. The number of amides is 1. The largest absolute Gasteiger partial charge is 0.506 e. The van der Waals surface area contributed by atoms with Crippen LogP contribution in [0, 0.1) is 0 Å². The lowest BCUT2D eigenvalue weighted by Gasteiger charge is -2.15. The van der Waals surface area contributed by atoms with Gasteiger partial charge in [0.05, 0.1) is 18.2 Å². The molecule has 2 N–H and O–H groups in total. The third kappa shape index (κ3) is 3.48. The summed E-state index contributed by atoms with van der Waals surface area (Å²) in [6.45, 7) is 0.225. The van der Waals surface area contributed by atoms with Crippen LogP contribution in [-0.2, 0) is 6.54 Å². The SMILES string of the molecule is COc1cccc(-n2c(=O)c(C(=O)NCc3ccccc3)c(O)c3cccnc32)c1. The third-order valence-electron chi connectivity index (χ3n) is 4.74. The van der Waals surface area contributed by atoms with E-state index in [2.05, 4.69) is 10.3 Å². The predicted molar refractivity (Wildman–Crippen MR) is 113 cm³/mol. The van der Waals surface area contributed by atoms with E-state index in [-0.39, 0.29) is 17.8 Å². The molecule has 2 aromatic carbocycles. The smallest absolute Gasteiger partial charge is 0.273 e. The number of carbonyl (C=O) groups excluding carboxylic acids is 1. The molecule has 1 amide bonds. The molecule has 0 aliphatic carbocycles. The van der Waals surface area contributed by atoms with Crippen LogP contribution < -0.4 is 15.6 Å². The van der Waals surface area contributed by atoms with Crippen molar-refractivity contribution in [2.45, 2.75) is 6.54 Å². The van der Waals surface area contributed by atoms with E-state index in [1.165, 1.54) is 17.9 Å². The highest BCUT2D eigenvalue weighted by atomic mass is 16.5. The van der Waals surface area contributed by atoms with Crippen molar-refractivity contribution >= 4 is 16.9 Å². The second-order valence-corrected chi connectivity index (χ2v) is 6.61. The fourth-order valence-electron chi connectivity index (χ4n) is 3.26. The van der Waals surface area contributed by atoms with Crippen LogP contribution in [0.5, 0.6) is 11.5 Å². The summed E-state index contributed by atoms with van der Waals surface area (Å²) >= 11 is 0. The molecule has 7 heteroatoms. The van der Waals surface area contributed by atoms with Gasteiger partial charge in [-0.15, -0.1) is 0 Å². The van der Waals surface area contributed by atoms with Crippen molar-refractivity contribution in [1.29, 1.82) is 0 Å². The first kappa shape index (κ1) is 19.2. The van der Waals surface area contributed by atoms with Gasteiger partial charge in [0, 0.05) is 18.8 Å². The van der Waals surface area contributed by atoms with Crippen molar-refractivity contribution in [2.75, 3.05) is 7.11 Å². The van der Waals surface area contributed by atoms with Gasteiger partial charge in [0.25, 0.3) is 11.5 Å². The highest BCUT2D eigenvalue weighted by Crippen LogP contribution is 2.27. The molecule has 0 spiro atoms. The number of fused-ring (bicyclic) bond motifs is 1. The number of hydrogen-bond acceptors (Lipinski definition) is 5. The van der Waals surface area contributed by atoms with Gasteiger partial charge in [0.1, 0.15) is 17.1 Å². The zero-order chi connectivity index (χ0) is 21.1. The van der Waals surface area contributed by atoms with Gasteiger partial charge >= 0.3 is 0 Å². The summed E-state index contributed by atoms with van der Waals surface area (Å²) in [6, 6.07) is 19.4. The summed E-state index contributed by atoms with van der Waals surface area (Å²) in [5.41, 5.74) is 0.584. The van der Waals surface area contributed by atoms with Crippen LogP contribution in [-0.4, -0.2) is 27.7 Å². The van der Waals surface area contributed by atoms with Crippen molar-refractivity contribution in [3.8, 4) is 17.2 Å². The topological polar surface area (TPSA) is 93.5 Å². The molecule has 0 unspecified atom stereocenters. The molecule has 0 saturated carbocycles. The highest BCUT2D eigenvalue weighted by Gasteiger charge is 2.23. The van der Waals surface area contributed by atoms with Gasteiger partial charge in [-0.3, -0.25) is 14.2 Å². The van der Waals surface area contributed by atoms with Crippen LogP contribution in [0.2, 0.25) is 0 Å². The van der Waals surface area contributed by atoms with E-state index < -0.39 is 17.2 Å². The van der Waals surface area contributed by atoms with E-state index in [0.29, 0.717) is 16.8 Å². The Balaban J connectivity index is 1.86. The van der Waals surface area contributed by atoms with E-state index in [1.807, 2.05) is 30.3 Å². The Labute approximate surface area is 172 Å². The average molecular weight is 401 g/mol. The molecule has 0 aliphatic heterocycles. The Morgan fingerprint density at radius 1 is 1.10 bits per heavy atom. The van der Waals surface area contributed by atoms with E-state index in [9.17, 15) is 14.7 Å². The second kappa shape index (κ2) is 8.08. The second-order valence-electron chi connectivity index (χ2n) is 6.61. The van der Waals surface area contributed by atoms with Gasteiger partial charge in [0.15, 0.2) is 5.65 Å². The van der Waals surface area contributed by atoms with Crippen molar-refractivity contribution < 1.29 is 14.6 Å². The fraction of sp³-hybridized carbons (Fsp3) is 0.0870. The lowest BCUT2D eigenvalue weighted by atomic mass is 10.1. The molecule has 0 aliphatic rings. The summed E-state index contributed by atoms with van der Waals surface area (Å²) in [5.74, 6) is -0.511. The molecule has 0 saturated heterocycles. The van der Waals surface area contributed by atoms with Crippen molar-refractivity contribution in [3.63, 3.8) is 0 Å². The predicted octanol–water partition coefficient (Wildman–Crippen LogP) is 3.03. The number of rotatable bonds is 5. The third-order valence-corrected chi connectivity index (χ3v) is 4.74. The summed E-state index contributed by atoms with van der Waals surface area (Å²) in [6.07, 6.45) is 1.52. The van der Waals surface area contributed by atoms with Crippen molar-refractivity contribution in [1.82, 2.24) is 14.9 Å². The summed E-state index contributed by atoms with van der Waals surface area (Å²) in [4.78, 5) is 30.5. The first-order chi connectivity index (χ1) is 14.6. The van der Waals surface area contributed by atoms with Crippen LogP contribution in [0.1, 0.15) is 15.9 Å². The molecular formula is C23H19N3O4. The van der Waals surface area contributed by atoms with Gasteiger partial charge in [-0.25, -0.2) is 4.98 Å². The number of pyridine rings is 2. The zero-order valence-electron chi connectivity index (χ0n) is 16.2. The molecule has 7 nitrogen and oxygen atoms in total. The van der Waals surface area contributed by atoms with Crippen molar-refractivity contribution in [3.05, 3.63) is 94.4 Å². The first-order valence-electron chi connectivity index (χ1n) is 9.29. The molecule has 30 heavy (non-hydrogen) atoms. The molecule has 0 fully saturated rings. The number of nitrogens with one attached hydrogen (secondary N) is 1. The van der Waals surface area contributed by atoms with Crippen LogP contribution in [0.15, 0.2) is 77.7 Å². The fourth-order valence-corrected chi connectivity index (χ4v) is 3.26. The number of methoxy groups -OCH3 is 1. The molecule has 4 rings (SSSR count). The van der Waals surface area contributed by atoms with Gasteiger partial charge in [-0.1, -0.05) is 36.4 Å².